The van der Waals surface area contributed by atoms with Crippen molar-refractivity contribution in [2.75, 3.05) is 6.61 Å². The van der Waals surface area contributed by atoms with Crippen molar-refractivity contribution in [1.82, 2.24) is 4.90 Å². The van der Waals surface area contributed by atoms with E-state index in [4.69, 9.17) is 9.84 Å². The molecule has 2 fully saturated rings. The molecule has 2 aliphatic heterocycles. The lowest BCUT2D eigenvalue weighted by molar-refractivity contribution is -0.168. The molecular formula is C16H17NO5. The van der Waals surface area contributed by atoms with Gasteiger partial charge in [0, 0.05) is 13.0 Å². The molecule has 0 bridgehead atoms. The van der Waals surface area contributed by atoms with Gasteiger partial charge in [-0.25, -0.2) is 4.79 Å². The van der Waals surface area contributed by atoms with Gasteiger partial charge in [0.1, 0.15) is 6.61 Å². The Labute approximate surface area is 127 Å². The minimum absolute atomic E-state index is 0.0796. The molecule has 2 saturated heterocycles. The van der Waals surface area contributed by atoms with Crippen LogP contribution in [0.15, 0.2) is 30.3 Å². The van der Waals surface area contributed by atoms with Crippen molar-refractivity contribution in [3.05, 3.63) is 35.9 Å². The van der Waals surface area contributed by atoms with E-state index in [1.807, 2.05) is 30.3 Å². The second-order valence-corrected chi connectivity index (χ2v) is 5.60. The monoisotopic (exact) mass is 303 g/mol. The van der Waals surface area contributed by atoms with Gasteiger partial charge in [0.05, 0.1) is 12.0 Å². The number of nitrogens with zero attached hydrogens (tertiary/aromatic N) is 1. The van der Waals surface area contributed by atoms with Gasteiger partial charge in [-0.05, 0) is 12.0 Å². The fraction of sp³-hybridized carbons (Fsp3) is 0.438. The Morgan fingerprint density at radius 1 is 1.27 bits per heavy atom. The van der Waals surface area contributed by atoms with Crippen molar-refractivity contribution < 1.29 is 24.2 Å². The number of carbonyl (C=O) groups is 3. The molecule has 0 radical (unpaired) electrons. The molecule has 3 rings (SSSR count). The summed E-state index contributed by atoms with van der Waals surface area (Å²) in [7, 11) is 0. The predicted molar refractivity (Wildman–Crippen MR) is 75.5 cm³/mol. The lowest BCUT2D eigenvalue weighted by Crippen LogP contribution is -2.62. The molecule has 0 saturated carbocycles. The third-order valence-electron chi connectivity index (χ3n) is 4.27. The Bertz CT molecular complexity index is 600. The molecule has 116 valence electrons. The number of Topliss-reactive ketones (excluding diaryl/α,β-unsaturated/α-hetero) is 1. The lowest BCUT2D eigenvalue weighted by atomic mass is 9.85. The van der Waals surface area contributed by atoms with Gasteiger partial charge in [0.2, 0.25) is 5.91 Å². The zero-order valence-corrected chi connectivity index (χ0v) is 12.0. The molecule has 6 heteroatoms. The number of carbonyl (C=O) groups excluding carboxylic acids is 3. The number of ether oxygens (including phenoxy) is 1. The molecular weight excluding hydrogens is 286 g/mol. The SMILES string of the molecule is O=C1CC2C(CCO)C(=O)N2C1C(=O)OCc1ccccc1. The van der Waals surface area contributed by atoms with Gasteiger partial charge in [-0.2, -0.15) is 0 Å². The van der Waals surface area contributed by atoms with E-state index in [-0.39, 0.29) is 43.3 Å². The van der Waals surface area contributed by atoms with E-state index in [1.54, 1.807) is 0 Å². The topological polar surface area (TPSA) is 83.9 Å². The zero-order valence-electron chi connectivity index (χ0n) is 12.0. The van der Waals surface area contributed by atoms with E-state index in [0.29, 0.717) is 6.42 Å². The van der Waals surface area contributed by atoms with E-state index in [1.165, 1.54) is 4.90 Å². The molecule has 1 aromatic rings. The Morgan fingerprint density at radius 3 is 2.68 bits per heavy atom. The quantitative estimate of drug-likeness (QED) is 0.480. The maximum absolute atomic E-state index is 12.1. The molecule has 0 aliphatic carbocycles. The van der Waals surface area contributed by atoms with Crippen LogP contribution in [0.2, 0.25) is 0 Å². The number of fused-ring (bicyclic) bond motifs is 1. The number of rotatable bonds is 5. The maximum atomic E-state index is 12.1. The number of aliphatic hydroxyl groups excluding tert-OH is 1. The van der Waals surface area contributed by atoms with Crippen LogP contribution in [0.25, 0.3) is 0 Å². The molecule has 0 aromatic heterocycles. The smallest absolute Gasteiger partial charge is 0.337 e. The summed E-state index contributed by atoms with van der Waals surface area (Å²) in [4.78, 5) is 37.5. The molecule has 1 amide bonds. The van der Waals surface area contributed by atoms with Crippen LogP contribution in [0.4, 0.5) is 0 Å². The predicted octanol–water partition coefficient (Wildman–Crippen LogP) is 0.281. The summed E-state index contributed by atoms with van der Waals surface area (Å²) in [5.74, 6) is -1.54. The first kappa shape index (κ1) is 14.7. The fourth-order valence-corrected chi connectivity index (χ4v) is 3.17. The van der Waals surface area contributed by atoms with Crippen LogP contribution in [0, 0.1) is 5.92 Å². The van der Waals surface area contributed by atoms with Crippen molar-refractivity contribution in [2.24, 2.45) is 5.92 Å². The van der Waals surface area contributed by atoms with Crippen molar-refractivity contribution in [3.63, 3.8) is 0 Å². The summed E-state index contributed by atoms with van der Waals surface area (Å²) in [6, 6.07) is 7.78. The molecule has 1 aromatic carbocycles. The van der Waals surface area contributed by atoms with Crippen LogP contribution in [0.3, 0.4) is 0 Å². The summed E-state index contributed by atoms with van der Waals surface area (Å²) >= 11 is 0. The largest absolute Gasteiger partial charge is 0.459 e. The number of β-lactam (4-membered cyclic amide) rings is 1. The normalized spacial score (nSPS) is 26.6. The summed E-state index contributed by atoms with van der Waals surface area (Å²) in [6.07, 6.45) is 0.501. The molecule has 22 heavy (non-hydrogen) atoms. The Morgan fingerprint density at radius 2 is 2.00 bits per heavy atom. The van der Waals surface area contributed by atoms with Crippen LogP contribution in [-0.4, -0.2) is 46.4 Å². The molecule has 3 atom stereocenters. The van der Waals surface area contributed by atoms with Gasteiger partial charge >= 0.3 is 5.97 Å². The highest BCUT2D eigenvalue weighted by Crippen LogP contribution is 2.39. The van der Waals surface area contributed by atoms with Gasteiger partial charge in [-0.3, -0.25) is 9.59 Å². The fourth-order valence-electron chi connectivity index (χ4n) is 3.17. The third kappa shape index (κ3) is 2.39. The number of esters is 1. The summed E-state index contributed by atoms with van der Waals surface area (Å²) < 4.78 is 5.18. The van der Waals surface area contributed by atoms with Crippen LogP contribution >= 0.6 is 0 Å². The first-order valence-corrected chi connectivity index (χ1v) is 7.30. The number of ketones is 1. The maximum Gasteiger partial charge on any atom is 0.337 e. The van der Waals surface area contributed by atoms with E-state index in [9.17, 15) is 14.4 Å². The highest BCUT2D eigenvalue weighted by Gasteiger charge is 2.59. The van der Waals surface area contributed by atoms with Gasteiger partial charge in [-0.1, -0.05) is 30.3 Å². The van der Waals surface area contributed by atoms with Gasteiger partial charge in [-0.15, -0.1) is 0 Å². The number of benzene rings is 1. The average Bonchev–Trinajstić information content (AvgIpc) is 2.85. The Hall–Kier alpha value is -2.21. The first-order chi connectivity index (χ1) is 10.6. The van der Waals surface area contributed by atoms with Crippen LogP contribution in [-0.2, 0) is 25.7 Å². The third-order valence-corrected chi connectivity index (χ3v) is 4.27. The minimum Gasteiger partial charge on any atom is -0.459 e. The average molecular weight is 303 g/mol. The highest BCUT2D eigenvalue weighted by atomic mass is 16.5. The van der Waals surface area contributed by atoms with E-state index in [0.717, 1.165) is 5.56 Å². The molecule has 2 aliphatic rings. The number of aliphatic hydroxyl groups is 1. The number of hydrogen-bond donors (Lipinski definition) is 1. The zero-order chi connectivity index (χ0) is 15.7. The standard InChI is InChI=1S/C16H17NO5/c18-7-6-11-12-8-13(19)14(17(12)15(11)20)16(21)22-9-10-4-2-1-3-5-10/h1-5,11-12,14,18H,6-9H2. The molecule has 0 spiro atoms. The van der Waals surface area contributed by atoms with Crippen molar-refractivity contribution in [3.8, 4) is 0 Å². The summed E-state index contributed by atoms with van der Waals surface area (Å²) in [6.45, 7) is -0.0196. The first-order valence-electron chi connectivity index (χ1n) is 7.30. The number of amides is 1. The number of hydrogen-bond acceptors (Lipinski definition) is 5. The van der Waals surface area contributed by atoms with E-state index < -0.39 is 12.0 Å². The van der Waals surface area contributed by atoms with Gasteiger partial charge < -0.3 is 14.7 Å². The molecule has 6 nitrogen and oxygen atoms in total. The summed E-state index contributed by atoms with van der Waals surface area (Å²) in [5, 5.41) is 8.94. The Balaban J connectivity index is 1.63. The molecule has 1 N–H and O–H groups in total. The van der Waals surface area contributed by atoms with Gasteiger partial charge in [0.15, 0.2) is 11.8 Å². The molecule has 3 unspecified atom stereocenters. The molecule has 2 heterocycles. The van der Waals surface area contributed by atoms with Crippen LogP contribution < -0.4 is 0 Å². The second-order valence-electron chi connectivity index (χ2n) is 5.60. The van der Waals surface area contributed by atoms with Gasteiger partial charge in [0.25, 0.3) is 0 Å². The van der Waals surface area contributed by atoms with Crippen LogP contribution in [0.5, 0.6) is 0 Å². The van der Waals surface area contributed by atoms with Crippen LogP contribution in [0.1, 0.15) is 18.4 Å². The van der Waals surface area contributed by atoms with Crippen molar-refractivity contribution in [1.29, 1.82) is 0 Å². The Kier molecular flexibility index (Phi) is 3.94. The summed E-state index contributed by atoms with van der Waals surface area (Å²) in [5.41, 5.74) is 0.825. The van der Waals surface area contributed by atoms with Crippen molar-refractivity contribution >= 4 is 17.7 Å². The lowest BCUT2D eigenvalue weighted by Gasteiger charge is -2.43. The van der Waals surface area contributed by atoms with E-state index in [2.05, 4.69) is 0 Å². The van der Waals surface area contributed by atoms with E-state index >= 15 is 0 Å². The van der Waals surface area contributed by atoms with Crippen molar-refractivity contribution in [2.45, 2.75) is 31.5 Å². The second kappa shape index (κ2) is 5.88. The minimum atomic E-state index is -1.11. The highest BCUT2D eigenvalue weighted by molar-refractivity contribution is 6.11.